The van der Waals surface area contributed by atoms with Crippen LogP contribution in [0.4, 0.5) is 14.9 Å². The van der Waals surface area contributed by atoms with Crippen molar-refractivity contribution in [1.29, 1.82) is 0 Å². The normalized spacial score (nSPS) is 16.3. The number of amides is 3. The van der Waals surface area contributed by atoms with Crippen molar-refractivity contribution in [3.8, 4) is 0 Å². The minimum atomic E-state index is -0.339. The van der Waals surface area contributed by atoms with Crippen LogP contribution in [0.3, 0.4) is 0 Å². The molecule has 0 saturated carbocycles. The number of benzene rings is 2. The van der Waals surface area contributed by atoms with E-state index in [2.05, 4.69) is 10.6 Å². The maximum absolute atomic E-state index is 13.0. The highest BCUT2D eigenvalue weighted by Crippen LogP contribution is 2.22. The number of halogens is 2. The van der Waals surface area contributed by atoms with Gasteiger partial charge in [-0.15, -0.1) is 0 Å². The summed E-state index contributed by atoms with van der Waals surface area (Å²) in [7, 11) is 0. The van der Waals surface area contributed by atoms with Crippen LogP contribution >= 0.6 is 11.6 Å². The maximum Gasteiger partial charge on any atom is 0.321 e. The van der Waals surface area contributed by atoms with E-state index in [1.807, 2.05) is 18.2 Å². The Balaban J connectivity index is 1.42. The molecule has 0 spiro atoms. The lowest BCUT2D eigenvalue weighted by Gasteiger charge is -2.32. The topological polar surface area (TPSA) is 61.4 Å². The molecule has 7 heteroatoms. The van der Waals surface area contributed by atoms with Crippen LogP contribution in [0.2, 0.25) is 5.02 Å². The van der Waals surface area contributed by atoms with Crippen molar-refractivity contribution in [2.45, 2.75) is 32.2 Å². The van der Waals surface area contributed by atoms with Gasteiger partial charge < -0.3 is 15.5 Å². The van der Waals surface area contributed by atoms with Gasteiger partial charge >= 0.3 is 6.03 Å². The van der Waals surface area contributed by atoms with Gasteiger partial charge in [0, 0.05) is 36.8 Å². The fourth-order valence-corrected chi connectivity index (χ4v) is 3.68. The van der Waals surface area contributed by atoms with E-state index in [1.165, 1.54) is 24.3 Å². The van der Waals surface area contributed by atoms with Crippen molar-refractivity contribution in [2.24, 2.45) is 5.92 Å². The molecule has 1 fully saturated rings. The molecule has 1 saturated heterocycles. The molecule has 3 amide bonds. The van der Waals surface area contributed by atoms with Crippen molar-refractivity contribution in [2.75, 3.05) is 18.4 Å². The first-order chi connectivity index (χ1) is 14.0. The van der Waals surface area contributed by atoms with E-state index in [9.17, 15) is 14.0 Å². The zero-order valence-electron chi connectivity index (χ0n) is 16.2. The smallest absolute Gasteiger partial charge is 0.321 e. The van der Waals surface area contributed by atoms with Crippen LogP contribution < -0.4 is 10.6 Å². The van der Waals surface area contributed by atoms with Crippen molar-refractivity contribution in [3.05, 3.63) is 64.9 Å². The van der Waals surface area contributed by atoms with Gasteiger partial charge in [0.15, 0.2) is 0 Å². The lowest BCUT2D eigenvalue weighted by Crippen LogP contribution is -2.42. The maximum atomic E-state index is 13.0. The molecular formula is C22H25ClFN3O2. The van der Waals surface area contributed by atoms with Crippen molar-refractivity contribution in [1.82, 2.24) is 10.2 Å². The number of hydrogen-bond acceptors (Lipinski definition) is 2. The largest absolute Gasteiger partial charge is 0.352 e. The van der Waals surface area contributed by atoms with Crippen molar-refractivity contribution in [3.63, 3.8) is 0 Å². The third kappa shape index (κ3) is 6.46. The molecule has 2 aromatic carbocycles. The number of rotatable bonds is 6. The SMILES string of the molecule is O=C(CC[C@@H]1CCCN(C(=O)Nc2ccc(F)cc2)C1)NCc1ccccc1Cl. The number of likely N-dealkylation sites (tertiary alicyclic amines) is 1. The zero-order chi connectivity index (χ0) is 20.6. The monoisotopic (exact) mass is 417 g/mol. The van der Waals surface area contributed by atoms with Crippen LogP contribution in [0.25, 0.3) is 0 Å². The molecule has 0 aromatic heterocycles. The molecule has 2 N–H and O–H groups in total. The first kappa shape index (κ1) is 21.1. The van der Waals surface area contributed by atoms with Gasteiger partial charge in [-0.2, -0.15) is 0 Å². The first-order valence-corrected chi connectivity index (χ1v) is 10.2. The summed E-state index contributed by atoms with van der Waals surface area (Å²) in [5, 5.41) is 6.34. The quantitative estimate of drug-likeness (QED) is 0.707. The Morgan fingerprint density at radius 1 is 1.14 bits per heavy atom. The minimum absolute atomic E-state index is 0.0159. The summed E-state index contributed by atoms with van der Waals surface area (Å²) < 4.78 is 13.0. The van der Waals surface area contributed by atoms with E-state index in [4.69, 9.17) is 11.6 Å². The second kappa shape index (κ2) is 10.3. The Bertz CT molecular complexity index is 844. The Labute approximate surface area is 175 Å². The molecule has 1 aliphatic rings. The van der Waals surface area contributed by atoms with Crippen LogP contribution in [0.1, 0.15) is 31.2 Å². The Morgan fingerprint density at radius 3 is 2.66 bits per heavy atom. The molecule has 2 aromatic rings. The lowest BCUT2D eigenvalue weighted by atomic mass is 9.93. The molecule has 29 heavy (non-hydrogen) atoms. The number of hydrogen-bond donors (Lipinski definition) is 2. The van der Waals surface area contributed by atoms with Gasteiger partial charge in [-0.3, -0.25) is 4.79 Å². The predicted octanol–water partition coefficient (Wildman–Crippen LogP) is 4.82. The zero-order valence-corrected chi connectivity index (χ0v) is 16.9. The molecule has 0 bridgehead atoms. The second-order valence-electron chi connectivity index (χ2n) is 7.30. The molecule has 0 aliphatic carbocycles. The van der Waals surface area contributed by atoms with Crippen LogP contribution in [0.5, 0.6) is 0 Å². The summed E-state index contributed by atoms with van der Waals surface area (Å²) in [5.74, 6) is -0.0690. The van der Waals surface area contributed by atoms with Crippen LogP contribution in [0, 0.1) is 11.7 Å². The summed E-state index contributed by atoms with van der Waals surface area (Å²) in [6, 6.07) is 13.0. The number of nitrogens with zero attached hydrogens (tertiary/aromatic N) is 1. The Morgan fingerprint density at radius 2 is 1.90 bits per heavy atom. The van der Waals surface area contributed by atoms with E-state index in [0.29, 0.717) is 36.8 Å². The highest BCUT2D eigenvalue weighted by molar-refractivity contribution is 6.31. The van der Waals surface area contributed by atoms with Gasteiger partial charge in [0.25, 0.3) is 0 Å². The van der Waals surface area contributed by atoms with Gasteiger partial charge in [-0.25, -0.2) is 9.18 Å². The van der Waals surface area contributed by atoms with E-state index >= 15 is 0 Å². The van der Waals surface area contributed by atoms with Gasteiger partial charge in [0.05, 0.1) is 0 Å². The molecule has 5 nitrogen and oxygen atoms in total. The second-order valence-corrected chi connectivity index (χ2v) is 7.71. The Kier molecular flexibility index (Phi) is 7.47. The molecule has 3 rings (SSSR count). The molecule has 1 heterocycles. The summed E-state index contributed by atoms with van der Waals surface area (Å²) in [6.07, 6.45) is 3.05. The third-order valence-corrected chi connectivity index (χ3v) is 5.48. The summed E-state index contributed by atoms with van der Waals surface area (Å²) in [4.78, 5) is 26.4. The number of carbonyl (C=O) groups excluding carboxylic acids is 2. The number of anilines is 1. The highest BCUT2D eigenvalue weighted by atomic mass is 35.5. The van der Waals surface area contributed by atoms with Crippen LogP contribution in [-0.4, -0.2) is 29.9 Å². The standard InChI is InChI=1S/C22H25ClFN3O2/c23-20-6-2-1-5-17(20)14-25-21(28)12-7-16-4-3-13-27(15-16)22(29)26-19-10-8-18(24)9-11-19/h1-2,5-6,8-11,16H,3-4,7,12-15H2,(H,25,28)(H,26,29)/t16-/m0/s1. The first-order valence-electron chi connectivity index (χ1n) is 9.83. The number of urea groups is 1. The lowest BCUT2D eigenvalue weighted by molar-refractivity contribution is -0.121. The molecule has 0 radical (unpaired) electrons. The number of piperidine rings is 1. The summed E-state index contributed by atoms with van der Waals surface area (Å²) >= 11 is 6.10. The van der Waals surface area contributed by atoms with Crippen molar-refractivity contribution < 1.29 is 14.0 Å². The highest BCUT2D eigenvalue weighted by Gasteiger charge is 2.24. The average Bonchev–Trinajstić information content (AvgIpc) is 2.73. The molecule has 154 valence electrons. The van der Waals surface area contributed by atoms with Crippen LogP contribution in [-0.2, 0) is 11.3 Å². The summed E-state index contributed by atoms with van der Waals surface area (Å²) in [5.41, 5.74) is 1.46. The Hall–Kier alpha value is -2.60. The van der Waals surface area contributed by atoms with Gasteiger partial charge in [0.2, 0.25) is 5.91 Å². The minimum Gasteiger partial charge on any atom is -0.352 e. The van der Waals surface area contributed by atoms with E-state index in [1.54, 1.807) is 11.0 Å². The fourth-order valence-electron chi connectivity index (χ4n) is 3.48. The predicted molar refractivity (Wildman–Crippen MR) is 112 cm³/mol. The molecule has 1 aliphatic heterocycles. The average molecular weight is 418 g/mol. The van der Waals surface area contributed by atoms with E-state index in [-0.39, 0.29) is 23.7 Å². The molecule has 0 unspecified atom stereocenters. The number of nitrogens with one attached hydrogen (secondary N) is 2. The molecular weight excluding hydrogens is 393 g/mol. The van der Waals surface area contributed by atoms with Gasteiger partial charge in [-0.05, 0) is 61.1 Å². The number of carbonyl (C=O) groups is 2. The van der Waals surface area contributed by atoms with Crippen LogP contribution in [0.15, 0.2) is 48.5 Å². The molecule has 1 atom stereocenters. The van der Waals surface area contributed by atoms with E-state index in [0.717, 1.165) is 24.8 Å². The van der Waals surface area contributed by atoms with E-state index < -0.39 is 0 Å². The summed E-state index contributed by atoms with van der Waals surface area (Å²) in [6.45, 7) is 1.71. The van der Waals surface area contributed by atoms with Gasteiger partial charge in [0.1, 0.15) is 5.82 Å². The van der Waals surface area contributed by atoms with Crippen molar-refractivity contribution >= 4 is 29.2 Å². The van der Waals surface area contributed by atoms with Gasteiger partial charge in [-0.1, -0.05) is 29.8 Å². The fraction of sp³-hybridized carbons (Fsp3) is 0.364. The third-order valence-electron chi connectivity index (χ3n) is 5.12.